The zero-order valence-electron chi connectivity index (χ0n) is 29.0. The molecule has 1 amide bonds. The van der Waals surface area contributed by atoms with Gasteiger partial charge in [-0.05, 0) is 117 Å². The number of rotatable bonds is 6. The van der Waals surface area contributed by atoms with Crippen molar-refractivity contribution in [3.8, 4) is 5.75 Å². The fourth-order valence-electron chi connectivity index (χ4n) is 8.59. The summed E-state index contributed by atoms with van der Waals surface area (Å²) >= 11 is 12.4. The van der Waals surface area contributed by atoms with E-state index in [-0.39, 0.29) is 35.4 Å². The number of Topliss-reactive ketones (excluding diaryl/α,β-unsaturated/α-hetero) is 1. The summed E-state index contributed by atoms with van der Waals surface area (Å²) in [6.45, 7) is 5.82. The number of methoxy groups -OCH3 is 1. The van der Waals surface area contributed by atoms with Crippen molar-refractivity contribution in [1.82, 2.24) is 4.72 Å². The third-order valence-electron chi connectivity index (χ3n) is 11.8. The summed E-state index contributed by atoms with van der Waals surface area (Å²) in [7, 11) is -1.28. The van der Waals surface area contributed by atoms with Crippen LogP contribution < -0.4 is 14.4 Å². The van der Waals surface area contributed by atoms with E-state index in [0.717, 1.165) is 48.6 Å². The van der Waals surface area contributed by atoms with Crippen molar-refractivity contribution >= 4 is 56.2 Å². The summed E-state index contributed by atoms with van der Waals surface area (Å²) in [5, 5.41) is 0.343. The normalized spacial score (nSPS) is 33.7. The first kappa shape index (κ1) is 36.3. The van der Waals surface area contributed by atoms with E-state index in [2.05, 4.69) is 39.8 Å². The summed E-state index contributed by atoms with van der Waals surface area (Å²) in [5.41, 5.74) is 2.75. The van der Waals surface area contributed by atoms with Crippen LogP contribution in [0.15, 0.2) is 48.6 Å². The molecule has 4 aliphatic rings. The molecule has 6 rings (SSSR count). The van der Waals surface area contributed by atoms with Crippen LogP contribution in [0.4, 0.5) is 5.69 Å². The number of amides is 1. The van der Waals surface area contributed by atoms with E-state index in [1.165, 1.54) is 11.1 Å². The standard InChI is InChI=1S/C39H50Cl2N2O5S/c1-26-8-5-18-39(47-3,22-32(44)10-7-19-40)34-14-11-30(34)23-43-24-38(17-6-9-28-20-31(41)13-15-33(28)38)25-48-36-16-12-29(21-35(36)43)37(45)42-49(4,46)27(26)2/h5,12-13,15-16,18,20-21,26-27,30,34H,4,6-11,14,17,19,22-25H2,1-3H3,(H,42,45,46)/b18-5+/t26-,27+,30-,34+,38-,39+,49?/m0/s1. The Bertz CT molecular complexity index is 1710. The van der Waals surface area contributed by atoms with Crippen LogP contribution in [0.3, 0.4) is 0 Å². The molecule has 1 N–H and O–H groups in total. The average molecular weight is 730 g/mol. The number of ether oxygens (including phenoxy) is 2. The summed E-state index contributed by atoms with van der Waals surface area (Å²) < 4.78 is 29.8. The number of nitrogens with zero attached hydrogens (tertiary/aromatic N) is 1. The molecule has 2 aromatic carbocycles. The van der Waals surface area contributed by atoms with Crippen LogP contribution in [0.5, 0.6) is 5.75 Å². The number of anilines is 1. The highest BCUT2D eigenvalue weighted by Gasteiger charge is 2.49. The van der Waals surface area contributed by atoms with Gasteiger partial charge in [0.15, 0.2) is 0 Å². The number of fused-ring (bicyclic) bond motifs is 4. The van der Waals surface area contributed by atoms with Crippen molar-refractivity contribution in [2.24, 2.45) is 17.8 Å². The Morgan fingerprint density at radius 1 is 1.20 bits per heavy atom. The Morgan fingerprint density at radius 3 is 2.76 bits per heavy atom. The monoisotopic (exact) mass is 728 g/mol. The van der Waals surface area contributed by atoms with Crippen molar-refractivity contribution in [3.05, 3.63) is 70.3 Å². The van der Waals surface area contributed by atoms with Gasteiger partial charge in [0.2, 0.25) is 0 Å². The van der Waals surface area contributed by atoms with Gasteiger partial charge in [-0.15, -0.1) is 11.6 Å². The minimum atomic E-state index is -3.00. The van der Waals surface area contributed by atoms with Crippen molar-refractivity contribution in [2.45, 2.75) is 87.9 Å². The smallest absolute Gasteiger partial charge is 0.262 e. The number of hydrogen-bond acceptors (Lipinski definition) is 6. The van der Waals surface area contributed by atoms with Crippen molar-refractivity contribution in [3.63, 3.8) is 0 Å². The Balaban J connectivity index is 1.45. The molecule has 2 aromatic rings. The number of allylic oxidation sites excluding steroid dienone is 1. The summed E-state index contributed by atoms with van der Waals surface area (Å²) in [6.07, 6.45) is 11.0. The SMILES string of the molecule is C=S1(=O)NC(=O)c2ccc3c(c2)N(C[C@@H]2CC[C@H]2[C@@](CC(=O)CCCCl)(OC)/C=C/C[C@H](C)[C@H]1C)C[C@@]1(CCCc2cc(Cl)ccc21)CO3. The number of nitrogens with one attached hydrogen (secondary N) is 1. The molecule has 7 nitrogen and oxygen atoms in total. The Morgan fingerprint density at radius 2 is 2.02 bits per heavy atom. The number of carbonyl (C=O) groups excluding carboxylic acids is 2. The molecular weight excluding hydrogens is 679 g/mol. The number of aryl methyl sites for hydroxylation is 1. The third kappa shape index (κ3) is 7.31. The first-order chi connectivity index (χ1) is 23.4. The molecule has 7 atom stereocenters. The highest BCUT2D eigenvalue weighted by atomic mass is 35.5. The third-order valence-corrected chi connectivity index (χ3v) is 14.5. The number of hydrogen-bond donors (Lipinski definition) is 1. The van der Waals surface area contributed by atoms with Crippen molar-refractivity contribution in [2.75, 3.05) is 37.6 Å². The fourth-order valence-corrected chi connectivity index (χ4v) is 10.4. The lowest BCUT2D eigenvalue weighted by Gasteiger charge is -2.50. The van der Waals surface area contributed by atoms with E-state index < -0.39 is 26.5 Å². The molecule has 1 spiro atoms. The lowest BCUT2D eigenvalue weighted by atomic mass is 9.62. The van der Waals surface area contributed by atoms with E-state index in [1.807, 2.05) is 32.0 Å². The molecule has 49 heavy (non-hydrogen) atoms. The number of benzene rings is 2. The van der Waals surface area contributed by atoms with Crippen LogP contribution in [0.2, 0.25) is 5.02 Å². The quantitative estimate of drug-likeness (QED) is 0.188. The average Bonchev–Trinajstić information content (AvgIpc) is 3.21. The van der Waals surface area contributed by atoms with Gasteiger partial charge in [-0.2, -0.15) is 0 Å². The zero-order valence-corrected chi connectivity index (χ0v) is 31.3. The van der Waals surface area contributed by atoms with Crippen LogP contribution in [-0.2, 0) is 31.1 Å². The zero-order chi connectivity index (χ0) is 35.0. The second kappa shape index (κ2) is 14.6. The molecule has 1 unspecified atom stereocenters. The van der Waals surface area contributed by atoms with Gasteiger partial charge < -0.3 is 14.4 Å². The minimum Gasteiger partial charge on any atom is -0.490 e. The fraction of sp³-hybridized carbons (Fsp3) is 0.564. The maximum absolute atomic E-state index is 13.9. The topological polar surface area (TPSA) is 84.9 Å². The molecule has 0 saturated heterocycles. The first-order valence-electron chi connectivity index (χ1n) is 17.7. The van der Waals surface area contributed by atoms with Gasteiger partial charge in [0.25, 0.3) is 5.91 Å². The maximum Gasteiger partial charge on any atom is 0.262 e. The molecule has 2 aliphatic heterocycles. The second-order valence-corrected chi connectivity index (χ2v) is 18.1. The summed E-state index contributed by atoms with van der Waals surface area (Å²) in [6, 6.07) is 11.7. The molecular formula is C39H50Cl2N2O5S. The molecule has 0 aromatic heterocycles. The van der Waals surface area contributed by atoms with Crippen LogP contribution in [0.25, 0.3) is 0 Å². The number of halogens is 2. The molecule has 1 fully saturated rings. The molecule has 0 radical (unpaired) electrons. The van der Waals surface area contributed by atoms with Crippen molar-refractivity contribution in [1.29, 1.82) is 0 Å². The van der Waals surface area contributed by atoms with Gasteiger partial charge in [0.05, 0.1) is 27.6 Å². The first-order valence-corrected chi connectivity index (χ1v) is 20.4. The predicted molar refractivity (Wildman–Crippen MR) is 201 cm³/mol. The van der Waals surface area contributed by atoms with Crippen LogP contribution in [-0.4, -0.2) is 65.3 Å². The summed E-state index contributed by atoms with van der Waals surface area (Å²) in [5.74, 6) is 5.21. The molecule has 1 saturated carbocycles. The molecule has 2 heterocycles. The highest BCUT2D eigenvalue weighted by Crippen LogP contribution is 2.50. The number of alkyl halides is 1. The van der Waals surface area contributed by atoms with E-state index in [4.69, 9.17) is 32.7 Å². The van der Waals surface area contributed by atoms with Gasteiger partial charge in [0, 0.05) is 60.2 Å². The van der Waals surface area contributed by atoms with E-state index >= 15 is 0 Å². The van der Waals surface area contributed by atoms with Crippen molar-refractivity contribution < 1.29 is 23.3 Å². The van der Waals surface area contributed by atoms with Crippen LogP contribution in [0.1, 0.15) is 86.7 Å². The van der Waals surface area contributed by atoms with Crippen LogP contribution in [0, 0.1) is 17.8 Å². The van der Waals surface area contributed by atoms with Gasteiger partial charge in [0.1, 0.15) is 11.5 Å². The highest BCUT2D eigenvalue weighted by molar-refractivity contribution is 7.99. The van der Waals surface area contributed by atoms with Gasteiger partial charge in [-0.1, -0.05) is 36.7 Å². The van der Waals surface area contributed by atoms with E-state index in [0.29, 0.717) is 50.4 Å². The molecule has 2 bridgehead atoms. The van der Waals surface area contributed by atoms with Gasteiger partial charge in [-0.3, -0.25) is 14.3 Å². The lowest BCUT2D eigenvalue weighted by molar-refractivity contribution is -0.131. The predicted octanol–water partition coefficient (Wildman–Crippen LogP) is 7.55. The Hall–Kier alpha value is -2.52. The van der Waals surface area contributed by atoms with Crippen LogP contribution >= 0.6 is 23.2 Å². The summed E-state index contributed by atoms with van der Waals surface area (Å²) in [4.78, 5) is 29.5. The van der Waals surface area contributed by atoms with E-state index in [9.17, 15) is 13.8 Å². The minimum absolute atomic E-state index is 0.0477. The maximum atomic E-state index is 13.9. The van der Waals surface area contributed by atoms with Gasteiger partial charge >= 0.3 is 0 Å². The molecule has 266 valence electrons. The lowest BCUT2D eigenvalue weighted by Crippen LogP contribution is -2.53. The number of carbonyl (C=O) groups is 2. The van der Waals surface area contributed by atoms with Gasteiger partial charge in [-0.25, -0.2) is 4.21 Å². The van der Waals surface area contributed by atoms with E-state index in [1.54, 1.807) is 13.2 Å². The Kier molecular flexibility index (Phi) is 10.8. The molecule has 2 aliphatic carbocycles. The Labute approximate surface area is 302 Å². The number of ketones is 1. The second-order valence-electron chi connectivity index (χ2n) is 14.9. The molecule has 10 heteroatoms. The largest absolute Gasteiger partial charge is 0.490 e.